The molecule has 0 aromatic carbocycles. The van der Waals surface area contributed by atoms with Crippen molar-refractivity contribution < 1.29 is 9.53 Å². The van der Waals surface area contributed by atoms with Crippen LogP contribution in [0.4, 0.5) is 0 Å². The van der Waals surface area contributed by atoms with Gasteiger partial charge in [-0.3, -0.25) is 4.79 Å². The van der Waals surface area contributed by atoms with Crippen molar-refractivity contribution in [3.05, 3.63) is 12.4 Å². The van der Waals surface area contributed by atoms with E-state index in [1.165, 1.54) is 19.8 Å². The van der Waals surface area contributed by atoms with E-state index in [9.17, 15) is 4.79 Å². The molecule has 4 heteroatoms. The molecule has 0 aromatic heterocycles. The van der Waals surface area contributed by atoms with Gasteiger partial charge in [-0.2, -0.15) is 0 Å². The van der Waals surface area contributed by atoms with E-state index in [0.29, 0.717) is 6.04 Å². The third kappa shape index (κ3) is 2.49. The Kier molecular flexibility index (Phi) is 3.36. The highest BCUT2D eigenvalue weighted by atomic mass is 16.5. The van der Waals surface area contributed by atoms with Crippen LogP contribution in [0.15, 0.2) is 12.4 Å². The topological polar surface area (TPSA) is 32.8 Å². The van der Waals surface area contributed by atoms with Gasteiger partial charge in [-0.25, -0.2) is 0 Å². The second-order valence-corrected chi connectivity index (χ2v) is 4.71. The summed E-state index contributed by atoms with van der Waals surface area (Å²) in [5.74, 6) is -0.159. The molecule has 1 heterocycles. The van der Waals surface area contributed by atoms with E-state index in [2.05, 4.69) is 29.2 Å². The molecule has 0 unspecified atom stereocenters. The number of hydrogen-bond donors (Lipinski definition) is 0. The van der Waals surface area contributed by atoms with Crippen molar-refractivity contribution >= 4 is 5.97 Å². The zero-order chi connectivity index (χ0) is 11.5. The fourth-order valence-electron chi connectivity index (χ4n) is 2.57. The Bertz CT molecular complexity index is 291. The number of ether oxygens (including phenoxy) is 1. The fraction of sp³-hybridized carbons (Fsp3) is 0.750. The van der Waals surface area contributed by atoms with Crippen molar-refractivity contribution in [3.8, 4) is 0 Å². The van der Waals surface area contributed by atoms with Crippen LogP contribution in [-0.2, 0) is 9.53 Å². The molecule has 90 valence electrons. The standard InChI is InChI=1S/C12H20N2O2/c1-10(15)16-12-6-4-3-5-11(12)14-8-7-13(2)9-14/h7-8,11-12H,3-6,9H2,1-2H3/t11-,12-/m0/s1. The van der Waals surface area contributed by atoms with Crippen LogP contribution < -0.4 is 0 Å². The summed E-state index contributed by atoms with van der Waals surface area (Å²) in [6.07, 6.45) is 8.76. The lowest BCUT2D eigenvalue weighted by molar-refractivity contribution is -0.151. The molecule has 1 fully saturated rings. The Labute approximate surface area is 96.8 Å². The van der Waals surface area contributed by atoms with Crippen LogP contribution in [0.2, 0.25) is 0 Å². The van der Waals surface area contributed by atoms with Gasteiger partial charge >= 0.3 is 5.97 Å². The smallest absolute Gasteiger partial charge is 0.302 e. The molecule has 0 saturated heterocycles. The summed E-state index contributed by atoms with van der Waals surface area (Å²) in [4.78, 5) is 15.5. The van der Waals surface area contributed by atoms with Crippen molar-refractivity contribution in [2.24, 2.45) is 0 Å². The molecule has 0 radical (unpaired) electrons. The first kappa shape index (κ1) is 11.3. The Morgan fingerprint density at radius 2 is 2.06 bits per heavy atom. The van der Waals surface area contributed by atoms with Crippen LogP contribution in [-0.4, -0.2) is 41.6 Å². The first-order valence-corrected chi connectivity index (χ1v) is 5.98. The predicted molar refractivity (Wildman–Crippen MR) is 61.4 cm³/mol. The van der Waals surface area contributed by atoms with Gasteiger partial charge in [0, 0.05) is 26.4 Å². The predicted octanol–water partition coefficient (Wildman–Crippen LogP) is 1.54. The van der Waals surface area contributed by atoms with E-state index >= 15 is 0 Å². The van der Waals surface area contributed by atoms with Crippen LogP contribution in [0.1, 0.15) is 32.6 Å². The molecule has 16 heavy (non-hydrogen) atoms. The molecule has 0 bridgehead atoms. The number of rotatable bonds is 2. The Morgan fingerprint density at radius 3 is 2.69 bits per heavy atom. The van der Waals surface area contributed by atoms with Gasteiger partial charge in [-0.1, -0.05) is 6.42 Å². The van der Waals surface area contributed by atoms with E-state index in [1.807, 2.05) is 0 Å². The molecule has 2 rings (SSSR count). The maximum absolute atomic E-state index is 11.1. The summed E-state index contributed by atoms with van der Waals surface area (Å²) >= 11 is 0. The van der Waals surface area contributed by atoms with E-state index in [1.54, 1.807) is 0 Å². The molecule has 1 aliphatic carbocycles. The average molecular weight is 224 g/mol. The van der Waals surface area contributed by atoms with Gasteiger partial charge in [0.15, 0.2) is 0 Å². The second-order valence-electron chi connectivity index (χ2n) is 4.71. The summed E-state index contributed by atoms with van der Waals surface area (Å²) in [7, 11) is 2.06. The monoisotopic (exact) mass is 224 g/mol. The lowest BCUT2D eigenvalue weighted by atomic mass is 9.91. The zero-order valence-corrected chi connectivity index (χ0v) is 10.1. The molecule has 2 aliphatic rings. The normalized spacial score (nSPS) is 29.6. The highest BCUT2D eigenvalue weighted by Gasteiger charge is 2.32. The van der Waals surface area contributed by atoms with Gasteiger partial charge in [0.05, 0.1) is 12.7 Å². The largest absolute Gasteiger partial charge is 0.460 e. The maximum atomic E-state index is 11.1. The number of hydrogen-bond acceptors (Lipinski definition) is 4. The molecule has 2 atom stereocenters. The molecule has 1 aliphatic heterocycles. The van der Waals surface area contributed by atoms with Crippen LogP contribution in [0.25, 0.3) is 0 Å². The summed E-state index contributed by atoms with van der Waals surface area (Å²) in [6, 6.07) is 0.360. The lowest BCUT2D eigenvalue weighted by Crippen LogP contribution is -2.45. The third-order valence-corrected chi connectivity index (χ3v) is 3.31. The SMILES string of the molecule is CC(=O)O[C@H]1CCCC[C@@H]1N1C=CN(C)C1. The summed E-state index contributed by atoms with van der Waals surface area (Å²) < 4.78 is 5.42. The van der Waals surface area contributed by atoms with E-state index in [0.717, 1.165) is 19.5 Å². The minimum Gasteiger partial charge on any atom is -0.460 e. The van der Waals surface area contributed by atoms with Gasteiger partial charge in [0.1, 0.15) is 6.10 Å². The third-order valence-electron chi connectivity index (χ3n) is 3.31. The molecule has 0 spiro atoms. The maximum Gasteiger partial charge on any atom is 0.302 e. The molecule has 0 N–H and O–H groups in total. The van der Waals surface area contributed by atoms with Crippen molar-refractivity contribution in [1.82, 2.24) is 9.80 Å². The molecule has 0 aromatic rings. The number of esters is 1. The highest BCUT2D eigenvalue weighted by Crippen LogP contribution is 2.27. The van der Waals surface area contributed by atoms with Crippen molar-refractivity contribution in [2.75, 3.05) is 13.7 Å². The van der Waals surface area contributed by atoms with Crippen molar-refractivity contribution in [3.63, 3.8) is 0 Å². The summed E-state index contributed by atoms with van der Waals surface area (Å²) in [6.45, 7) is 2.40. The first-order valence-electron chi connectivity index (χ1n) is 5.98. The van der Waals surface area contributed by atoms with Crippen LogP contribution in [0.3, 0.4) is 0 Å². The zero-order valence-electron chi connectivity index (χ0n) is 10.1. The Morgan fingerprint density at radius 1 is 1.31 bits per heavy atom. The molecule has 0 amide bonds. The van der Waals surface area contributed by atoms with E-state index in [4.69, 9.17) is 4.74 Å². The van der Waals surface area contributed by atoms with E-state index in [-0.39, 0.29) is 12.1 Å². The van der Waals surface area contributed by atoms with Gasteiger partial charge < -0.3 is 14.5 Å². The molecule has 4 nitrogen and oxygen atoms in total. The summed E-state index contributed by atoms with van der Waals surface area (Å²) in [5, 5.41) is 0. The summed E-state index contributed by atoms with van der Waals surface area (Å²) in [5.41, 5.74) is 0. The van der Waals surface area contributed by atoms with Gasteiger partial charge in [0.2, 0.25) is 0 Å². The Hall–Kier alpha value is -1.19. The Balaban J connectivity index is 1.99. The lowest BCUT2D eigenvalue weighted by Gasteiger charge is -2.37. The average Bonchev–Trinajstić information content (AvgIpc) is 2.65. The van der Waals surface area contributed by atoms with Crippen LogP contribution >= 0.6 is 0 Å². The minimum absolute atomic E-state index is 0.0717. The van der Waals surface area contributed by atoms with Crippen LogP contribution in [0, 0.1) is 0 Å². The van der Waals surface area contributed by atoms with Gasteiger partial charge in [-0.15, -0.1) is 0 Å². The van der Waals surface area contributed by atoms with Gasteiger partial charge in [-0.05, 0) is 19.3 Å². The minimum atomic E-state index is -0.159. The highest BCUT2D eigenvalue weighted by molar-refractivity contribution is 5.66. The number of carbonyl (C=O) groups excluding carboxylic acids is 1. The molecular formula is C12H20N2O2. The molecular weight excluding hydrogens is 204 g/mol. The first-order chi connectivity index (χ1) is 7.66. The second kappa shape index (κ2) is 4.76. The molecule has 1 saturated carbocycles. The van der Waals surface area contributed by atoms with Crippen molar-refractivity contribution in [1.29, 1.82) is 0 Å². The van der Waals surface area contributed by atoms with Gasteiger partial charge in [0.25, 0.3) is 0 Å². The van der Waals surface area contributed by atoms with E-state index < -0.39 is 0 Å². The number of carbonyl (C=O) groups is 1. The number of nitrogens with zero attached hydrogens (tertiary/aromatic N) is 2. The van der Waals surface area contributed by atoms with Crippen molar-refractivity contribution in [2.45, 2.75) is 44.8 Å². The van der Waals surface area contributed by atoms with Crippen LogP contribution in [0.5, 0.6) is 0 Å². The quantitative estimate of drug-likeness (QED) is 0.666. The fourth-order valence-corrected chi connectivity index (χ4v) is 2.57.